The molecule has 1 aromatic heterocycles. The Morgan fingerprint density at radius 2 is 2.06 bits per heavy atom. The summed E-state index contributed by atoms with van der Waals surface area (Å²) in [7, 11) is 0. The molecule has 3 nitrogen and oxygen atoms in total. The molecule has 1 heterocycles. The lowest BCUT2D eigenvalue weighted by molar-refractivity contribution is 0.100. The Bertz CT molecular complexity index is 597. The van der Waals surface area contributed by atoms with E-state index in [0.29, 0.717) is 21.7 Å². The molecule has 0 aliphatic heterocycles. The van der Waals surface area contributed by atoms with Crippen molar-refractivity contribution in [3.8, 4) is 11.1 Å². The Hall–Kier alpha value is -1.59. The quantitative estimate of drug-likeness (QED) is 0.824. The highest BCUT2D eigenvalue weighted by Gasteiger charge is 2.11. The molecule has 0 saturated heterocycles. The monoisotopic (exact) mass is 270 g/mol. The number of carbonyl (C=O) groups excluding carboxylic acids is 1. The van der Waals surface area contributed by atoms with Crippen LogP contribution in [0.4, 0.5) is 10.1 Å². The molecule has 1 amide bonds. The number of anilines is 1. The van der Waals surface area contributed by atoms with E-state index in [-0.39, 0.29) is 5.02 Å². The number of hydrogen-bond acceptors (Lipinski definition) is 3. The van der Waals surface area contributed by atoms with Crippen molar-refractivity contribution in [1.29, 1.82) is 0 Å². The van der Waals surface area contributed by atoms with Gasteiger partial charge in [0, 0.05) is 11.3 Å². The third kappa shape index (κ3) is 2.25. The van der Waals surface area contributed by atoms with Gasteiger partial charge in [0.25, 0.3) is 5.91 Å². The van der Waals surface area contributed by atoms with E-state index in [1.165, 1.54) is 23.5 Å². The van der Waals surface area contributed by atoms with Crippen LogP contribution >= 0.6 is 22.9 Å². The molecular weight excluding hydrogens is 263 g/mol. The molecule has 2 rings (SSSR count). The highest BCUT2D eigenvalue weighted by atomic mass is 35.5. The van der Waals surface area contributed by atoms with Gasteiger partial charge >= 0.3 is 0 Å². The summed E-state index contributed by atoms with van der Waals surface area (Å²) in [4.78, 5) is 11.4. The molecule has 0 aliphatic carbocycles. The molecule has 2 aromatic rings. The van der Waals surface area contributed by atoms with Crippen LogP contribution in [-0.2, 0) is 0 Å². The van der Waals surface area contributed by atoms with Gasteiger partial charge in [0.15, 0.2) is 0 Å². The van der Waals surface area contributed by atoms with Crippen molar-refractivity contribution in [2.24, 2.45) is 5.73 Å². The van der Waals surface area contributed by atoms with E-state index in [2.05, 4.69) is 0 Å². The van der Waals surface area contributed by atoms with E-state index in [0.717, 1.165) is 0 Å². The normalized spacial score (nSPS) is 10.5. The first-order valence-electron chi connectivity index (χ1n) is 4.62. The molecule has 0 radical (unpaired) electrons. The van der Waals surface area contributed by atoms with Crippen LogP contribution in [0.25, 0.3) is 11.1 Å². The Morgan fingerprint density at radius 1 is 1.35 bits per heavy atom. The number of benzene rings is 1. The Balaban J connectivity index is 2.52. The van der Waals surface area contributed by atoms with Crippen LogP contribution in [0.2, 0.25) is 5.02 Å². The van der Waals surface area contributed by atoms with E-state index in [9.17, 15) is 9.18 Å². The van der Waals surface area contributed by atoms with Crippen molar-refractivity contribution in [3.05, 3.63) is 39.3 Å². The summed E-state index contributed by atoms with van der Waals surface area (Å²) in [5, 5.41) is 1.66. The summed E-state index contributed by atoms with van der Waals surface area (Å²) in [5.74, 6) is -1.07. The Kier molecular flexibility index (Phi) is 3.04. The third-order valence-electron chi connectivity index (χ3n) is 2.25. The predicted octanol–water partition coefficient (Wildman–Crippen LogP) is 2.89. The number of halogens is 2. The van der Waals surface area contributed by atoms with Crippen molar-refractivity contribution in [3.63, 3.8) is 0 Å². The summed E-state index contributed by atoms with van der Waals surface area (Å²) >= 11 is 6.79. The second-order valence-electron chi connectivity index (χ2n) is 3.42. The highest BCUT2D eigenvalue weighted by molar-refractivity contribution is 7.12. The molecule has 0 aliphatic rings. The topological polar surface area (TPSA) is 69.1 Å². The van der Waals surface area contributed by atoms with Crippen LogP contribution in [0.1, 0.15) is 9.67 Å². The van der Waals surface area contributed by atoms with Crippen molar-refractivity contribution in [2.75, 3.05) is 5.73 Å². The van der Waals surface area contributed by atoms with Crippen LogP contribution in [0.5, 0.6) is 0 Å². The average molecular weight is 271 g/mol. The largest absolute Gasteiger partial charge is 0.398 e. The first-order chi connectivity index (χ1) is 7.99. The fourth-order valence-electron chi connectivity index (χ4n) is 1.42. The molecular formula is C11H8ClFN2OS. The van der Waals surface area contributed by atoms with E-state index < -0.39 is 11.7 Å². The van der Waals surface area contributed by atoms with Crippen molar-refractivity contribution in [1.82, 2.24) is 0 Å². The number of amides is 1. The van der Waals surface area contributed by atoms with Gasteiger partial charge in [-0.15, -0.1) is 11.3 Å². The van der Waals surface area contributed by atoms with Crippen LogP contribution in [0, 0.1) is 5.82 Å². The lowest BCUT2D eigenvalue weighted by atomic mass is 10.1. The molecule has 4 N–H and O–H groups in total. The molecule has 88 valence electrons. The van der Waals surface area contributed by atoms with Gasteiger partial charge in [0.2, 0.25) is 0 Å². The van der Waals surface area contributed by atoms with Gasteiger partial charge in [0.1, 0.15) is 5.82 Å². The van der Waals surface area contributed by atoms with Crippen LogP contribution in [0.3, 0.4) is 0 Å². The van der Waals surface area contributed by atoms with Crippen molar-refractivity contribution < 1.29 is 9.18 Å². The summed E-state index contributed by atoms with van der Waals surface area (Å²) in [5.41, 5.74) is 12.4. The van der Waals surface area contributed by atoms with Crippen LogP contribution in [-0.4, -0.2) is 5.91 Å². The maximum Gasteiger partial charge on any atom is 0.258 e. The number of thiophene rings is 1. The fraction of sp³-hybridized carbons (Fsp3) is 0. The zero-order chi connectivity index (χ0) is 12.6. The highest BCUT2D eigenvalue weighted by Crippen LogP contribution is 2.33. The average Bonchev–Trinajstić information content (AvgIpc) is 2.72. The van der Waals surface area contributed by atoms with Gasteiger partial charge in [0.05, 0.1) is 9.90 Å². The third-order valence-corrected chi connectivity index (χ3v) is 3.48. The van der Waals surface area contributed by atoms with Gasteiger partial charge in [-0.05, 0) is 29.1 Å². The first kappa shape index (κ1) is 11.9. The maximum absolute atomic E-state index is 13.3. The van der Waals surface area contributed by atoms with Gasteiger partial charge in [-0.1, -0.05) is 11.6 Å². The molecule has 0 atom stereocenters. The first-order valence-corrected chi connectivity index (χ1v) is 5.88. The van der Waals surface area contributed by atoms with Crippen LogP contribution < -0.4 is 11.5 Å². The molecule has 6 heteroatoms. The molecule has 1 aromatic carbocycles. The lowest BCUT2D eigenvalue weighted by Crippen LogP contribution is -2.08. The Labute approximate surface area is 106 Å². The summed E-state index contributed by atoms with van der Waals surface area (Å²) in [6.45, 7) is 0. The lowest BCUT2D eigenvalue weighted by Gasteiger charge is -2.04. The van der Waals surface area contributed by atoms with E-state index in [1.807, 2.05) is 0 Å². The van der Waals surface area contributed by atoms with Gasteiger partial charge < -0.3 is 11.5 Å². The number of rotatable bonds is 2. The second-order valence-corrected chi connectivity index (χ2v) is 4.74. The molecule has 0 saturated carbocycles. The molecule has 0 bridgehead atoms. The Morgan fingerprint density at radius 3 is 2.65 bits per heavy atom. The number of nitrogens with two attached hydrogens (primary N) is 2. The van der Waals surface area contributed by atoms with E-state index >= 15 is 0 Å². The fourth-order valence-corrected chi connectivity index (χ4v) is 2.35. The van der Waals surface area contributed by atoms with Gasteiger partial charge in [-0.2, -0.15) is 0 Å². The number of nitrogen functional groups attached to an aromatic ring is 1. The maximum atomic E-state index is 13.3. The smallest absolute Gasteiger partial charge is 0.258 e. The summed E-state index contributed by atoms with van der Waals surface area (Å²) < 4.78 is 13.3. The molecule has 17 heavy (non-hydrogen) atoms. The van der Waals surface area contributed by atoms with Crippen LogP contribution in [0.15, 0.2) is 23.6 Å². The van der Waals surface area contributed by atoms with Gasteiger partial charge in [-0.25, -0.2) is 4.39 Å². The number of primary amides is 1. The second kappa shape index (κ2) is 4.35. The SMILES string of the molecule is NC(=O)c1cc(-c2cc(F)c(Cl)cc2N)cs1. The molecule has 0 spiro atoms. The van der Waals surface area contributed by atoms with E-state index in [4.69, 9.17) is 23.1 Å². The van der Waals surface area contributed by atoms with Crippen molar-refractivity contribution in [2.45, 2.75) is 0 Å². The molecule has 0 unspecified atom stereocenters. The minimum absolute atomic E-state index is 0.0309. The minimum Gasteiger partial charge on any atom is -0.398 e. The summed E-state index contributed by atoms with van der Waals surface area (Å²) in [6.07, 6.45) is 0. The predicted molar refractivity (Wildman–Crippen MR) is 67.7 cm³/mol. The molecule has 0 fully saturated rings. The summed E-state index contributed by atoms with van der Waals surface area (Å²) in [6, 6.07) is 4.16. The van der Waals surface area contributed by atoms with Gasteiger partial charge in [-0.3, -0.25) is 4.79 Å². The van der Waals surface area contributed by atoms with E-state index in [1.54, 1.807) is 11.4 Å². The minimum atomic E-state index is -0.553. The number of carbonyl (C=O) groups is 1. The standard InChI is InChI=1S/C11H8ClFN2OS/c12-7-3-9(14)6(2-8(7)13)5-1-10(11(15)16)17-4-5/h1-4H,14H2,(H2,15,16). The zero-order valence-electron chi connectivity index (χ0n) is 8.54. The van der Waals surface area contributed by atoms with Crippen molar-refractivity contribution >= 4 is 34.5 Å². The number of hydrogen-bond donors (Lipinski definition) is 2. The zero-order valence-corrected chi connectivity index (χ0v) is 10.1.